The zero-order valence-corrected chi connectivity index (χ0v) is 19.2. The SMILES string of the molecule is COc1ccc(CNC(=O)CCNC(=O)[C@H]2CCCN(S(=O)(=O)c3ccc(F)cc3)C2)cc1. The van der Waals surface area contributed by atoms with Crippen molar-refractivity contribution in [1.29, 1.82) is 0 Å². The van der Waals surface area contributed by atoms with E-state index in [1.54, 1.807) is 7.11 Å². The number of rotatable bonds is 9. The molecule has 0 bridgehead atoms. The summed E-state index contributed by atoms with van der Waals surface area (Å²) in [6.07, 6.45) is 1.22. The van der Waals surface area contributed by atoms with Crippen LogP contribution in [0.3, 0.4) is 0 Å². The van der Waals surface area contributed by atoms with Gasteiger partial charge in [-0.1, -0.05) is 12.1 Å². The van der Waals surface area contributed by atoms with Gasteiger partial charge in [-0.15, -0.1) is 0 Å². The molecule has 1 aliphatic heterocycles. The largest absolute Gasteiger partial charge is 0.497 e. The maximum atomic E-state index is 13.1. The molecule has 0 saturated carbocycles. The predicted molar refractivity (Wildman–Crippen MR) is 120 cm³/mol. The molecule has 0 unspecified atom stereocenters. The summed E-state index contributed by atoms with van der Waals surface area (Å²) in [6.45, 7) is 0.885. The minimum absolute atomic E-state index is 0.00140. The van der Waals surface area contributed by atoms with E-state index >= 15 is 0 Å². The average Bonchev–Trinajstić information content (AvgIpc) is 2.83. The molecule has 1 fully saturated rings. The summed E-state index contributed by atoms with van der Waals surface area (Å²) >= 11 is 0. The van der Waals surface area contributed by atoms with Crippen molar-refractivity contribution >= 4 is 21.8 Å². The van der Waals surface area contributed by atoms with Crippen LogP contribution in [0.15, 0.2) is 53.4 Å². The second-order valence-electron chi connectivity index (χ2n) is 7.82. The van der Waals surface area contributed by atoms with Gasteiger partial charge in [-0.25, -0.2) is 12.8 Å². The summed E-state index contributed by atoms with van der Waals surface area (Å²) in [6, 6.07) is 12.0. The van der Waals surface area contributed by atoms with Crippen LogP contribution < -0.4 is 15.4 Å². The van der Waals surface area contributed by atoms with Gasteiger partial charge in [-0.3, -0.25) is 9.59 Å². The van der Waals surface area contributed by atoms with Gasteiger partial charge < -0.3 is 15.4 Å². The van der Waals surface area contributed by atoms with Crippen LogP contribution in [0.2, 0.25) is 0 Å². The standard InChI is InChI=1S/C23H28FN3O5S/c1-32-20-8-4-17(5-9-20)15-26-22(28)12-13-25-23(29)18-3-2-14-27(16-18)33(30,31)21-10-6-19(24)7-11-21/h4-11,18H,2-3,12-16H2,1H3,(H,25,29)(H,26,28)/t18-/m0/s1. The number of nitrogens with zero attached hydrogens (tertiary/aromatic N) is 1. The van der Waals surface area contributed by atoms with Crippen molar-refractivity contribution in [2.24, 2.45) is 5.92 Å². The number of hydrogen-bond donors (Lipinski definition) is 2. The molecule has 1 atom stereocenters. The molecule has 33 heavy (non-hydrogen) atoms. The van der Waals surface area contributed by atoms with E-state index in [2.05, 4.69) is 10.6 Å². The van der Waals surface area contributed by atoms with Crippen LogP contribution in [-0.2, 0) is 26.2 Å². The van der Waals surface area contributed by atoms with E-state index in [1.165, 1.54) is 16.4 Å². The molecule has 0 aliphatic carbocycles. The Bertz CT molecular complexity index is 1060. The van der Waals surface area contributed by atoms with Crippen LogP contribution >= 0.6 is 0 Å². The number of carbonyl (C=O) groups excluding carboxylic acids is 2. The Morgan fingerprint density at radius 3 is 2.45 bits per heavy atom. The maximum absolute atomic E-state index is 13.1. The molecule has 8 nitrogen and oxygen atoms in total. The van der Waals surface area contributed by atoms with Crippen LogP contribution in [0.25, 0.3) is 0 Å². The number of hydrogen-bond acceptors (Lipinski definition) is 5. The number of nitrogens with one attached hydrogen (secondary N) is 2. The number of sulfonamides is 1. The molecular weight excluding hydrogens is 449 g/mol. The Labute approximate surface area is 193 Å². The molecule has 2 N–H and O–H groups in total. The van der Waals surface area contributed by atoms with Crippen LogP contribution in [0.1, 0.15) is 24.8 Å². The molecule has 0 radical (unpaired) electrons. The highest BCUT2D eigenvalue weighted by Crippen LogP contribution is 2.24. The monoisotopic (exact) mass is 477 g/mol. The number of methoxy groups -OCH3 is 1. The summed E-state index contributed by atoms with van der Waals surface area (Å²) in [4.78, 5) is 24.6. The van der Waals surface area contributed by atoms with Crippen LogP contribution in [0.4, 0.5) is 4.39 Å². The van der Waals surface area contributed by atoms with Crippen molar-refractivity contribution in [1.82, 2.24) is 14.9 Å². The third-order valence-corrected chi connectivity index (χ3v) is 7.39. The Morgan fingerprint density at radius 1 is 1.09 bits per heavy atom. The van der Waals surface area contributed by atoms with Gasteiger partial charge in [0.1, 0.15) is 11.6 Å². The van der Waals surface area contributed by atoms with E-state index < -0.39 is 21.8 Å². The second-order valence-corrected chi connectivity index (χ2v) is 9.76. The quantitative estimate of drug-likeness (QED) is 0.575. The number of amides is 2. The summed E-state index contributed by atoms with van der Waals surface area (Å²) in [7, 11) is -2.22. The Hall–Kier alpha value is -2.98. The molecule has 0 spiro atoms. The highest BCUT2D eigenvalue weighted by molar-refractivity contribution is 7.89. The van der Waals surface area contributed by atoms with Gasteiger partial charge >= 0.3 is 0 Å². The summed E-state index contributed by atoms with van der Waals surface area (Å²) < 4.78 is 45.1. The summed E-state index contributed by atoms with van der Waals surface area (Å²) in [5.74, 6) is -0.763. The third kappa shape index (κ3) is 6.75. The molecule has 2 amide bonds. The van der Waals surface area contributed by atoms with E-state index in [0.717, 1.165) is 23.4 Å². The molecule has 1 aliphatic rings. The fourth-order valence-electron chi connectivity index (χ4n) is 3.61. The topological polar surface area (TPSA) is 105 Å². The number of benzene rings is 2. The van der Waals surface area contributed by atoms with Crippen molar-refractivity contribution < 1.29 is 27.1 Å². The number of carbonyl (C=O) groups is 2. The first-order chi connectivity index (χ1) is 15.8. The highest BCUT2D eigenvalue weighted by atomic mass is 32.2. The Morgan fingerprint density at radius 2 is 1.79 bits per heavy atom. The van der Waals surface area contributed by atoms with Gasteiger partial charge in [0.25, 0.3) is 0 Å². The smallest absolute Gasteiger partial charge is 0.243 e. The first kappa shape index (κ1) is 24.7. The van der Waals surface area contributed by atoms with Crippen molar-refractivity contribution in [3.8, 4) is 5.75 Å². The average molecular weight is 478 g/mol. The first-order valence-electron chi connectivity index (χ1n) is 10.7. The summed E-state index contributed by atoms with van der Waals surface area (Å²) in [5.41, 5.74) is 0.929. The molecule has 1 saturated heterocycles. The molecule has 178 valence electrons. The first-order valence-corrected chi connectivity index (χ1v) is 12.2. The van der Waals surface area contributed by atoms with Gasteiger partial charge in [-0.2, -0.15) is 4.31 Å². The van der Waals surface area contributed by atoms with E-state index in [4.69, 9.17) is 4.74 Å². The fraction of sp³-hybridized carbons (Fsp3) is 0.391. The van der Waals surface area contributed by atoms with Gasteiger partial charge in [0, 0.05) is 32.6 Å². The molecular formula is C23H28FN3O5S. The van der Waals surface area contributed by atoms with Gasteiger partial charge in [-0.05, 0) is 54.8 Å². The summed E-state index contributed by atoms with van der Waals surface area (Å²) in [5, 5.41) is 5.52. The van der Waals surface area contributed by atoms with Crippen LogP contribution in [0, 0.1) is 11.7 Å². The highest BCUT2D eigenvalue weighted by Gasteiger charge is 2.33. The normalized spacial score (nSPS) is 16.7. The van der Waals surface area contributed by atoms with E-state index in [-0.39, 0.29) is 36.2 Å². The van der Waals surface area contributed by atoms with E-state index in [9.17, 15) is 22.4 Å². The predicted octanol–water partition coefficient (Wildman–Crippen LogP) is 2.06. The molecule has 1 heterocycles. The van der Waals surface area contributed by atoms with Gasteiger partial charge in [0.15, 0.2) is 0 Å². The lowest BCUT2D eigenvalue weighted by molar-refractivity contribution is -0.126. The molecule has 2 aromatic carbocycles. The van der Waals surface area contributed by atoms with Crippen LogP contribution in [0.5, 0.6) is 5.75 Å². The lowest BCUT2D eigenvalue weighted by atomic mass is 9.99. The lowest BCUT2D eigenvalue weighted by Gasteiger charge is -2.31. The minimum atomic E-state index is -3.80. The molecule has 0 aromatic heterocycles. The van der Waals surface area contributed by atoms with E-state index in [1.807, 2.05) is 24.3 Å². The fourth-order valence-corrected chi connectivity index (χ4v) is 5.13. The second kappa shape index (κ2) is 11.2. The number of halogens is 1. The van der Waals surface area contributed by atoms with E-state index in [0.29, 0.717) is 25.9 Å². The van der Waals surface area contributed by atoms with Crippen molar-refractivity contribution in [2.75, 3.05) is 26.7 Å². The Balaban J connectivity index is 1.44. The third-order valence-electron chi connectivity index (χ3n) is 5.51. The Kier molecular flexibility index (Phi) is 8.40. The zero-order chi connectivity index (χ0) is 23.8. The minimum Gasteiger partial charge on any atom is -0.497 e. The zero-order valence-electron chi connectivity index (χ0n) is 18.4. The van der Waals surface area contributed by atoms with Crippen molar-refractivity contribution in [3.05, 3.63) is 59.9 Å². The molecule has 2 aromatic rings. The maximum Gasteiger partial charge on any atom is 0.243 e. The van der Waals surface area contributed by atoms with Gasteiger partial charge in [0.2, 0.25) is 21.8 Å². The number of piperidine rings is 1. The van der Waals surface area contributed by atoms with Gasteiger partial charge in [0.05, 0.1) is 17.9 Å². The van der Waals surface area contributed by atoms with Crippen molar-refractivity contribution in [2.45, 2.75) is 30.7 Å². The molecule has 10 heteroatoms. The lowest BCUT2D eigenvalue weighted by Crippen LogP contribution is -2.45. The van der Waals surface area contributed by atoms with Crippen LogP contribution in [-0.4, -0.2) is 51.3 Å². The molecule has 3 rings (SSSR count). The number of ether oxygens (including phenoxy) is 1. The van der Waals surface area contributed by atoms with Crippen molar-refractivity contribution in [3.63, 3.8) is 0 Å².